The number of rotatable bonds is 2. The van der Waals surface area contributed by atoms with Crippen molar-refractivity contribution in [2.75, 3.05) is 0 Å². The number of carbonyl (C=O) groups is 1. The minimum Gasteiger partial charge on any atom is -0.544 e. The Balaban J connectivity index is 0.00000162. The van der Waals surface area contributed by atoms with Crippen LogP contribution in [0.2, 0.25) is 0 Å². The number of aryl methyl sites for hydroxylation is 1. The Labute approximate surface area is 127 Å². The number of nitrogens with zero attached hydrogens (tertiary/aromatic N) is 3. The summed E-state index contributed by atoms with van der Waals surface area (Å²) in [6.45, 7) is 5.41. The number of allylic oxidation sites excluding steroid dienone is 2. The molecule has 1 unspecified atom stereocenters. The largest absolute Gasteiger partial charge is 1.00 e. The van der Waals surface area contributed by atoms with Gasteiger partial charge in [-0.25, -0.2) is 9.67 Å². The maximum Gasteiger partial charge on any atom is 1.00 e. The Bertz CT molecular complexity index is 535. The van der Waals surface area contributed by atoms with Gasteiger partial charge in [0, 0.05) is 17.6 Å². The number of nitrogens with one attached hydrogen (secondary N) is 1. The molecule has 1 aliphatic heterocycles. The van der Waals surface area contributed by atoms with Crippen LogP contribution in [0.4, 0.5) is 0 Å². The van der Waals surface area contributed by atoms with Gasteiger partial charge in [0.2, 0.25) is 0 Å². The average Bonchev–Trinajstić information content (AvgIpc) is 2.59. The van der Waals surface area contributed by atoms with Crippen molar-refractivity contribution >= 4 is 12.2 Å². The molecule has 0 bridgehead atoms. The van der Waals surface area contributed by atoms with E-state index in [2.05, 4.69) is 15.4 Å². The van der Waals surface area contributed by atoms with Gasteiger partial charge in [-0.1, -0.05) is 0 Å². The average molecular weight is 256 g/mol. The summed E-state index contributed by atoms with van der Waals surface area (Å²) >= 11 is 0. The molecule has 1 N–H and O–H groups in total. The van der Waals surface area contributed by atoms with Gasteiger partial charge in [0.15, 0.2) is 0 Å². The molecule has 2 heterocycles. The van der Waals surface area contributed by atoms with E-state index in [1.165, 1.54) is 10.9 Å². The molecule has 18 heavy (non-hydrogen) atoms. The molecule has 0 aromatic carbocycles. The van der Waals surface area contributed by atoms with Crippen molar-refractivity contribution in [3.05, 3.63) is 29.2 Å². The molecule has 90 valence electrons. The fourth-order valence-electron chi connectivity index (χ4n) is 1.72. The Morgan fingerprint density at radius 2 is 2.11 bits per heavy atom. The number of hydrogen-bond donors (Lipinski definition) is 1. The summed E-state index contributed by atoms with van der Waals surface area (Å²) in [5.41, 5.74) is 2.32. The molecule has 0 spiro atoms. The van der Waals surface area contributed by atoms with Crippen LogP contribution in [0.5, 0.6) is 0 Å². The second kappa shape index (κ2) is 5.26. The zero-order chi connectivity index (χ0) is 12.6. The first kappa shape index (κ1) is 14.9. The third kappa shape index (κ3) is 2.23. The number of aromatic nitrogens is 2. The first-order chi connectivity index (χ1) is 7.97. The number of carboxylic acid groups (broad SMARTS) is 1. The van der Waals surface area contributed by atoms with Gasteiger partial charge in [0.1, 0.15) is 5.97 Å². The molecule has 0 radical (unpaired) electrons. The van der Waals surface area contributed by atoms with Crippen LogP contribution in [0, 0.1) is 13.8 Å². The molecular formula is C11H13N4NaO2. The standard InChI is InChI=1S/C11H14N4O2.Na/c1-7-6-13-15(9(7)3)11(10(16)17)12-5-4-8(2)14-11;/h4-6,14H,1-3H3,(H,16,17);/q;+1/p-1. The molecule has 0 amide bonds. The Kier molecular flexibility index (Phi) is 4.37. The molecule has 0 fully saturated rings. The molecule has 7 heteroatoms. The summed E-state index contributed by atoms with van der Waals surface area (Å²) in [4.78, 5) is 15.4. The monoisotopic (exact) mass is 256 g/mol. The van der Waals surface area contributed by atoms with E-state index in [9.17, 15) is 9.90 Å². The zero-order valence-electron chi connectivity index (χ0n) is 10.9. The topological polar surface area (TPSA) is 82.3 Å². The minimum atomic E-state index is -1.68. The van der Waals surface area contributed by atoms with Crippen molar-refractivity contribution < 1.29 is 39.5 Å². The van der Waals surface area contributed by atoms with Crippen molar-refractivity contribution in [2.45, 2.75) is 26.6 Å². The van der Waals surface area contributed by atoms with Crippen molar-refractivity contribution in [2.24, 2.45) is 4.99 Å². The summed E-state index contributed by atoms with van der Waals surface area (Å²) in [7, 11) is 0. The molecule has 6 nitrogen and oxygen atoms in total. The van der Waals surface area contributed by atoms with Crippen molar-refractivity contribution in [1.29, 1.82) is 0 Å². The van der Waals surface area contributed by atoms with Crippen LogP contribution in [-0.2, 0) is 10.6 Å². The van der Waals surface area contributed by atoms with Crippen LogP contribution < -0.4 is 40.0 Å². The smallest absolute Gasteiger partial charge is 0.544 e. The van der Waals surface area contributed by atoms with Gasteiger partial charge in [-0.2, -0.15) is 5.10 Å². The van der Waals surface area contributed by atoms with Crippen molar-refractivity contribution in [1.82, 2.24) is 15.1 Å². The van der Waals surface area contributed by atoms with Crippen LogP contribution in [-0.4, -0.2) is 22.0 Å². The van der Waals surface area contributed by atoms with Crippen LogP contribution >= 0.6 is 0 Å². The molecule has 1 aliphatic rings. The van der Waals surface area contributed by atoms with Crippen LogP contribution in [0.15, 0.2) is 23.0 Å². The van der Waals surface area contributed by atoms with E-state index in [1.54, 1.807) is 26.1 Å². The fourth-order valence-corrected chi connectivity index (χ4v) is 1.72. The van der Waals surface area contributed by atoms with E-state index in [0.717, 1.165) is 11.3 Å². The molecule has 2 rings (SSSR count). The van der Waals surface area contributed by atoms with Crippen LogP contribution in [0.25, 0.3) is 0 Å². The number of carbonyl (C=O) groups excluding carboxylic acids is 1. The predicted molar refractivity (Wildman–Crippen MR) is 60.1 cm³/mol. The summed E-state index contributed by atoms with van der Waals surface area (Å²) < 4.78 is 1.32. The maximum atomic E-state index is 11.4. The van der Waals surface area contributed by atoms with E-state index in [4.69, 9.17) is 0 Å². The number of aliphatic carboxylic acids is 1. The van der Waals surface area contributed by atoms with E-state index in [1.807, 2.05) is 6.92 Å². The SMILES string of the molecule is CC1=CC=NC(C(=O)[O-])(n2ncc(C)c2C)N1.[Na+]. The van der Waals surface area contributed by atoms with Gasteiger partial charge in [-0.15, -0.1) is 0 Å². The number of hydrogen-bond acceptors (Lipinski definition) is 5. The second-order valence-corrected chi connectivity index (χ2v) is 4.04. The van der Waals surface area contributed by atoms with Gasteiger partial charge in [-0.05, 0) is 32.4 Å². The summed E-state index contributed by atoms with van der Waals surface area (Å²) in [6.07, 6.45) is 4.73. The summed E-state index contributed by atoms with van der Waals surface area (Å²) in [5.74, 6) is -3.02. The first-order valence-corrected chi connectivity index (χ1v) is 5.21. The van der Waals surface area contributed by atoms with Crippen LogP contribution in [0.3, 0.4) is 0 Å². The molecule has 1 aromatic heterocycles. The van der Waals surface area contributed by atoms with E-state index < -0.39 is 11.8 Å². The van der Waals surface area contributed by atoms with Gasteiger partial charge in [0.05, 0.1) is 6.20 Å². The fraction of sp³-hybridized carbons (Fsp3) is 0.364. The molecule has 1 atom stereocenters. The van der Waals surface area contributed by atoms with Gasteiger partial charge >= 0.3 is 29.6 Å². The molecule has 0 saturated carbocycles. The third-order valence-electron chi connectivity index (χ3n) is 2.80. The van der Waals surface area contributed by atoms with Crippen molar-refractivity contribution in [3.8, 4) is 0 Å². The van der Waals surface area contributed by atoms with E-state index in [0.29, 0.717) is 5.70 Å². The summed E-state index contributed by atoms with van der Waals surface area (Å²) in [6, 6.07) is 0. The summed E-state index contributed by atoms with van der Waals surface area (Å²) in [5, 5.41) is 18.3. The normalized spacial score (nSPS) is 21.8. The van der Waals surface area contributed by atoms with Crippen LogP contribution in [0.1, 0.15) is 18.2 Å². The van der Waals surface area contributed by atoms with E-state index >= 15 is 0 Å². The predicted octanol–water partition coefficient (Wildman–Crippen LogP) is -3.56. The van der Waals surface area contributed by atoms with Gasteiger partial charge < -0.3 is 15.2 Å². The molecule has 0 aliphatic carbocycles. The number of aliphatic imine (C=N–C) groups is 1. The third-order valence-corrected chi connectivity index (χ3v) is 2.80. The quantitative estimate of drug-likeness (QED) is 0.555. The molecule has 1 aromatic rings. The number of carboxylic acids is 1. The Morgan fingerprint density at radius 1 is 1.44 bits per heavy atom. The van der Waals surface area contributed by atoms with Gasteiger partial charge in [-0.3, -0.25) is 0 Å². The first-order valence-electron chi connectivity index (χ1n) is 5.21. The minimum absolute atomic E-state index is 0. The zero-order valence-corrected chi connectivity index (χ0v) is 12.9. The molecular weight excluding hydrogens is 243 g/mol. The molecule has 0 saturated heterocycles. The van der Waals surface area contributed by atoms with Gasteiger partial charge in [0.25, 0.3) is 5.79 Å². The Hall–Kier alpha value is -1.11. The Morgan fingerprint density at radius 3 is 2.56 bits per heavy atom. The van der Waals surface area contributed by atoms with E-state index in [-0.39, 0.29) is 29.6 Å². The maximum absolute atomic E-state index is 11.4. The second-order valence-electron chi connectivity index (χ2n) is 4.04. The van der Waals surface area contributed by atoms with Crippen molar-refractivity contribution in [3.63, 3.8) is 0 Å².